The third-order valence-corrected chi connectivity index (χ3v) is 2.04. The highest BCUT2D eigenvalue weighted by atomic mass is 16.5. The van der Waals surface area contributed by atoms with Gasteiger partial charge < -0.3 is 4.74 Å². The molecule has 16 heavy (non-hydrogen) atoms. The summed E-state index contributed by atoms with van der Waals surface area (Å²) in [6, 6.07) is 11.1. The van der Waals surface area contributed by atoms with Crippen molar-refractivity contribution in [2.75, 3.05) is 0 Å². The van der Waals surface area contributed by atoms with E-state index in [2.05, 4.69) is 10.2 Å². The normalized spacial score (nSPS) is 9.50. The molecule has 0 spiro atoms. The minimum absolute atomic E-state index is 0.230. The Balaban J connectivity index is 2.27. The van der Waals surface area contributed by atoms with E-state index in [0.29, 0.717) is 11.3 Å². The minimum Gasteiger partial charge on any atom is -0.437 e. The van der Waals surface area contributed by atoms with E-state index >= 15 is 0 Å². The van der Waals surface area contributed by atoms with Crippen molar-refractivity contribution in [3.05, 3.63) is 47.7 Å². The molecular weight excluding hydrogens is 202 g/mol. The zero-order valence-corrected chi connectivity index (χ0v) is 8.71. The van der Waals surface area contributed by atoms with Crippen molar-refractivity contribution in [2.24, 2.45) is 0 Å². The van der Waals surface area contributed by atoms with Gasteiger partial charge in [-0.05, 0) is 25.1 Å². The second-order valence-electron chi connectivity index (χ2n) is 3.28. The average molecular weight is 211 g/mol. The fourth-order valence-electron chi connectivity index (χ4n) is 1.20. The zero-order chi connectivity index (χ0) is 11.4. The zero-order valence-electron chi connectivity index (χ0n) is 8.71. The van der Waals surface area contributed by atoms with Crippen molar-refractivity contribution in [3.63, 3.8) is 0 Å². The van der Waals surface area contributed by atoms with Crippen LogP contribution in [-0.2, 0) is 0 Å². The topological polar surface area (TPSA) is 58.8 Å². The van der Waals surface area contributed by atoms with Gasteiger partial charge in [0.05, 0.1) is 6.20 Å². The Kier molecular flexibility index (Phi) is 2.79. The highest BCUT2D eigenvalue weighted by Crippen LogP contribution is 2.21. The summed E-state index contributed by atoms with van der Waals surface area (Å²) in [5.41, 5.74) is 1.52. The smallest absolute Gasteiger partial charge is 0.256 e. The van der Waals surface area contributed by atoms with E-state index in [1.807, 2.05) is 37.3 Å². The van der Waals surface area contributed by atoms with Gasteiger partial charge in [0.15, 0.2) is 0 Å². The molecule has 0 aliphatic heterocycles. The van der Waals surface area contributed by atoms with Crippen molar-refractivity contribution in [2.45, 2.75) is 6.92 Å². The van der Waals surface area contributed by atoms with Crippen LogP contribution < -0.4 is 4.74 Å². The molecule has 0 unspecified atom stereocenters. The van der Waals surface area contributed by atoms with Gasteiger partial charge in [0.25, 0.3) is 5.88 Å². The molecule has 1 heterocycles. The second-order valence-corrected chi connectivity index (χ2v) is 3.28. The number of hydrogen-bond acceptors (Lipinski definition) is 4. The Labute approximate surface area is 93.1 Å². The van der Waals surface area contributed by atoms with Crippen LogP contribution in [0.15, 0.2) is 36.5 Å². The number of hydrogen-bond donors (Lipinski definition) is 0. The second kappa shape index (κ2) is 4.41. The number of aryl methyl sites for hydroxylation is 1. The third kappa shape index (κ3) is 2.15. The largest absolute Gasteiger partial charge is 0.437 e. The van der Waals surface area contributed by atoms with E-state index in [1.54, 1.807) is 6.07 Å². The van der Waals surface area contributed by atoms with Crippen molar-refractivity contribution < 1.29 is 4.74 Å². The van der Waals surface area contributed by atoms with Crippen LogP contribution in [0.1, 0.15) is 11.1 Å². The maximum absolute atomic E-state index is 8.84. The summed E-state index contributed by atoms with van der Waals surface area (Å²) in [5.74, 6) is 0.872. The fraction of sp³-hybridized carbons (Fsp3) is 0.0833. The van der Waals surface area contributed by atoms with Crippen molar-refractivity contribution in [1.29, 1.82) is 5.26 Å². The molecular formula is C12H9N3O. The number of rotatable bonds is 2. The molecule has 0 radical (unpaired) electrons. The summed E-state index contributed by atoms with van der Waals surface area (Å²) in [7, 11) is 0. The first kappa shape index (κ1) is 10.1. The highest BCUT2D eigenvalue weighted by Gasteiger charge is 2.05. The predicted molar refractivity (Wildman–Crippen MR) is 58.0 cm³/mol. The quantitative estimate of drug-likeness (QED) is 0.765. The first-order valence-corrected chi connectivity index (χ1v) is 4.76. The van der Waals surface area contributed by atoms with E-state index in [-0.39, 0.29) is 5.88 Å². The van der Waals surface area contributed by atoms with Crippen molar-refractivity contribution >= 4 is 0 Å². The van der Waals surface area contributed by atoms with Gasteiger partial charge in [0.1, 0.15) is 17.4 Å². The summed E-state index contributed by atoms with van der Waals surface area (Å²) >= 11 is 0. The van der Waals surface area contributed by atoms with E-state index < -0.39 is 0 Å². The van der Waals surface area contributed by atoms with Crippen LogP contribution in [0.5, 0.6) is 11.6 Å². The lowest BCUT2D eigenvalue weighted by Crippen LogP contribution is -1.93. The van der Waals surface area contributed by atoms with Gasteiger partial charge in [0.2, 0.25) is 0 Å². The number of nitriles is 1. The van der Waals surface area contributed by atoms with Crippen LogP contribution >= 0.6 is 0 Å². The van der Waals surface area contributed by atoms with E-state index in [1.165, 1.54) is 6.20 Å². The molecule has 4 nitrogen and oxygen atoms in total. The summed E-state index contributed by atoms with van der Waals surface area (Å²) in [6.07, 6.45) is 1.46. The molecule has 0 N–H and O–H groups in total. The molecule has 1 aromatic carbocycles. The van der Waals surface area contributed by atoms with Crippen LogP contribution in [0.2, 0.25) is 0 Å². The lowest BCUT2D eigenvalue weighted by molar-refractivity contribution is 0.453. The molecule has 0 fully saturated rings. The van der Waals surface area contributed by atoms with Gasteiger partial charge >= 0.3 is 0 Å². The summed E-state index contributed by atoms with van der Waals surface area (Å²) < 4.78 is 5.46. The molecule has 2 aromatic rings. The Morgan fingerprint density at radius 1 is 1.19 bits per heavy atom. The molecule has 0 saturated heterocycles. The van der Waals surface area contributed by atoms with Crippen LogP contribution in [0.25, 0.3) is 0 Å². The maximum atomic E-state index is 8.84. The first-order chi connectivity index (χ1) is 7.79. The Bertz CT molecular complexity index is 529. The van der Waals surface area contributed by atoms with Crippen LogP contribution in [0, 0.1) is 18.3 Å². The van der Waals surface area contributed by atoms with E-state index in [9.17, 15) is 0 Å². The standard InChI is InChI=1S/C12H9N3O/c1-9-2-4-11(5-3-9)16-12-10(8-13)6-7-14-15-12/h2-7H,1H3. The summed E-state index contributed by atoms with van der Waals surface area (Å²) in [5, 5.41) is 16.3. The third-order valence-electron chi connectivity index (χ3n) is 2.04. The molecule has 78 valence electrons. The molecule has 0 amide bonds. The Morgan fingerprint density at radius 3 is 2.62 bits per heavy atom. The number of benzene rings is 1. The lowest BCUT2D eigenvalue weighted by atomic mass is 10.2. The molecule has 4 heteroatoms. The SMILES string of the molecule is Cc1ccc(Oc2nnccc2C#N)cc1. The molecule has 0 bridgehead atoms. The molecule has 0 aliphatic carbocycles. The van der Waals surface area contributed by atoms with Crippen molar-refractivity contribution in [1.82, 2.24) is 10.2 Å². The Hall–Kier alpha value is -2.41. The average Bonchev–Trinajstić information content (AvgIpc) is 2.33. The molecule has 0 saturated carbocycles. The van der Waals surface area contributed by atoms with Gasteiger partial charge in [-0.15, -0.1) is 5.10 Å². The van der Waals surface area contributed by atoms with Gasteiger partial charge in [-0.3, -0.25) is 0 Å². The molecule has 2 rings (SSSR count). The van der Waals surface area contributed by atoms with E-state index in [4.69, 9.17) is 10.00 Å². The highest BCUT2D eigenvalue weighted by molar-refractivity contribution is 5.39. The van der Waals surface area contributed by atoms with E-state index in [0.717, 1.165) is 5.56 Å². The van der Waals surface area contributed by atoms with Crippen LogP contribution in [0.3, 0.4) is 0 Å². The number of ether oxygens (including phenoxy) is 1. The van der Waals surface area contributed by atoms with Crippen LogP contribution in [0.4, 0.5) is 0 Å². The molecule has 1 aromatic heterocycles. The number of aromatic nitrogens is 2. The maximum Gasteiger partial charge on any atom is 0.256 e. The van der Waals surface area contributed by atoms with Gasteiger partial charge in [-0.2, -0.15) is 10.4 Å². The Morgan fingerprint density at radius 2 is 1.94 bits per heavy atom. The van der Waals surface area contributed by atoms with Crippen LogP contribution in [-0.4, -0.2) is 10.2 Å². The number of nitrogens with zero attached hydrogens (tertiary/aromatic N) is 3. The predicted octanol–water partition coefficient (Wildman–Crippen LogP) is 2.45. The lowest BCUT2D eigenvalue weighted by Gasteiger charge is -2.04. The monoisotopic (exact) mass is 211 g/mol. The van der Waals surface area contributed by atoms with Crippen molar-refractivity contribution in [3.8, 4) is 17.7 Å². The summed E-state index contributed by atoms with van der Waals surface area (Å²) in [4.78, 5) is 0. The minimum atomic E-state index is 0.230. The van der Waals surface area contributed by atoms with Gasteiger partial charge in [-0.1, -0.05) is 17.7 Å². The molecule has 0 aliphatic rings. The molecule has 0 atom stereocenters. The first-order valence-electron chi connectivity index (χ1n) is 4.76. The fourth-order valence-corrected chi connectivity index (χ4v) is 1.20. The van der Waals surface area contributed by atoms with Gasteiger partial charge in [-0.25, -0.2) is 0 Å². The van der Waals surface area contributed by atoms with Gasteiger partial charge in [0, 0.05) is 0 Å². The summed E-state index contributed by atoms with van der Waals surface area (Å²) in [6.45, 7) is 1.99.